The average molecular weight is 231 g/mol. The summed E-state index contributed by atoms with van der Waals surface area (Å²) in [5.74, 6) is 1.52. The van der Waals surface area contributed by atoms with Gasteiger partial charge in [0.15, 0.2) is 0 Å². The number of fused-ring (bicyclic) bond motifs is 1. The van der Waals surface area contributed by atoms with Crippen LogP contribution in [0, 0.1) is 0 Å². The first-order chi connectivity index (χ1) is 8.38. The predicted octanol–water partition coefficient (Wildman–Crippen LogP) is 1.81. The fourth-order valence-electron chi connectivity index (χ4n) is 2.55. The molecule has 0 atom stereocenters. The zero-order chi connectivity index (χ0) is 11.7. The summed E-state index contributed by atoms with van der Waals surface area (Å²) in [6.07, 6.45) is 6.35. The number of pyridine rings is 1. The van der Waals surface area contributed by atoms with Crippen LogP contribution in [0.1, 0.15) is 24.3 Å². The molecular weight excluding hydrogens is 214 g/mol. The molecule has 1 aliphatic rings. The van der Waals surface area contributed by atoms with Crippen LogP contribution in [-0.2, 0) is 0 Å². The number of rotatable bonds is 2. The second-order valence-corrected chi connectivity index (χ2v) is 4.52. The van der Waals surface area contributed by atoms with Gasteiger partial charge >= 0.3 is 0 Å². The number of hydrogen-bond donors (Lipinski definition) is 1. The third kappa shape index (κ3) is 1.89. The summed E-state index contributed by atoms with van der Waals surface area (Å²) in [4.78, 5) is 0. The van der Waals surface area contributed by atoms with Crippen LogP contribution in [0.3, 0.4) is 0 Å². The second-order valence-electron chi connectivity index (χ2n) is 4.52. The van der Waals surface area contributed by atoms with Crippen molar-refractivity contribution in [2.75, 3.05) is 20.2 Å². The highest BCUT2D eigenvalue weighted by Crippen LogP contribution is 2.29. The molecule has 1 N–H and O–H groups in total. The van der Waals surface area contributed by atoms with Crippen molar-refractivity contribution in [2.45, 2.75) is 18.8 Å². The molecule has 0 unspecified atom stereocenters. The lowest BCUT2D eigenvalue weighted by molar-refractivity contribution is 0.414. The summed E-state index contributed by atoms with van der Waals surface area (Å²) >= 11 is 0. The standard InChI is InChI=1S/C13H17N3O/c1-17-11-4-7-16-13(8-11)12(9-15-16)10-2-5-14-6-3-10/h4,7-10,14H,2-3,5-6H2,1H3. The predicted molar refractivity (Wildman–Crippen MR) is 66.6 cm³/mol. The number of aromatic nitrogens is 2. The van der Waals surface area contributed by atoms with E-state index in [9.17, 15) is 0 Å². The Morgan fingerprint density at radius 1 is 1.41 bits per heavy atom. The first kappa shape index (κ1) is 10.6. The smallest absolute Gasteiger partial charge is 0.122 e. The minimum atomic E-state index is 0.626. The fourth-order valence-corrected chi connectivity index (χ4v) is 2.55. The minimum absolute atomic E-state index is 0.626. The molecule has 0 amide bonds. The summed E-state index contributed by atoms with van der Waals surface area (Å²) in [7, 11) is 1.70. The summed E-state index contributed by atoms with van der Waals surface area (Å²) in [6, 6.07) is 4.01. The summed E-state index contributed by atoms with van der Waals surface area (Å²) in [6.45, 7) is 2.21. The van der Waals surface area contributed by atoms with Gasteiger partial charge in [0.05, 0.1) is 18.8 Å². The highest BCUT2D eigenvalue weighted by atomic mass is 16.5. The van der Waals surface area contributed by atoms with Gasteiger partial charge in [-0.2, -0.15) is 5.10 Å². The van der Waals surface area contributed by atoms with E-state index in [0.29, 0.717) is 5.92 Å². The molecule has 4 heteroatoms. The molecule has 0 aromatic carbocycles. The molecule has 0 radical (unpaired) electrons. The molecule has 0 bridgehead atoms. The van der Waals surface area contributed by atoms with Gasteiger partial charge in [0.25, 0.3) is 0 Å². The molecule has 2 aromatic rings. The normalized spacial score (nSPS) is 17.5. The van der Waals surface area contributed by atoms with E-state index in [4.69, 9.17) is 4.74 Å². The number of nitrogens with one attached hydrogen (secondary N) is 1. The summed E-state index contributed by atoms with van der Waals surface area (Å²) in [5, 5.41) is 7.81. The molecule has 0 aliphatic carbocycles. The Morgan fingerprint density at radius 2 is 2.24 bits per heavy atom. The summed E-state index contributed by atoms with van der Waals surface area (Å²) in [5.41, 5.74) is 2.53. The van der Waals surface area contributed by atoms with Gasteiger partial charge in [0, 0.05) is 17.8 Å². The fraction of sp³-hybridized carbons (Fsp3) is 0.462. The lowest BCUT2D eigenvalue weighted by Gasteiger charge is -2.21. The number of nitrogens with zero attached hydrogens (tertiary/aromatic N) is 2. The Morgan fingerprint density at radius 3 is 3.00 bits per heavy atom. The van der Waals surface area contributed by atoms with Gasteiger partial charge in [-0.15, -0.1) is 0 Å². The molecular formula is C13H17N3O. The molecule has 17 heavy (non-hydrogen) atoms. The van der Waals surface area contributed by atoms with E-state index in [-0.39, 0.29) is 0 Å². The third-order valence-corrected chi connectivity index (χ3v) is 3.54. The molecule has 1 fully saturated rings. The maximum absolute atomic E-state index is 5.28. The maximum atomic E-state index is 5.28. The average Bonchev–Trinajstić information content (AvgIpc) is 2.82. The Balaban J connectivity index is 2.02. The number of piperidine rings is 1. The van der Waals surface area contributed by atoms with E-state index in [1.165, 1.54) is 23.9 Å². The maximum Gasteiger partial charge on any atom is 0.122 e. The van der Waals surface area contributed by atoms with Crippen molar-refractivity contribution >= 4 is 5.52 Å². The van der Waals surface area contributed by atoms with E-state index < -0.39 is 0 Å². The van der Waals surface area contributed by atoms with Crippen LogP contribution in [0.4, 0.5) is 0 Å². The van der Waals surface area contributed by atoms with Crippen molar-refractivity contribution in [1.82, 2.24) is 14.9 Å². The van der Waals surface area contributed by atoms with Crippen LogP contribution < -0.4 is 10.1 Å². The molecule has 3 heterocycles. The Labute approximate surface area is 101 Å². The van der Waals surface area contributed by atoms with Crippen molar-refractivity contribution < 1.29 is 4.74 Å². The highest BCUT2D eigenvalue weighted by Gasteiger charge is 2.19. The van der Waals surface area contributed by atoms with E-state index in [2.05, 4.69) is 16.5 Å². The summed E-state index contributed by atoms with van der Waals surface area (Å²) < 4.78 is 7.21. The largest absolute Gasteiger partial charge is 0.497 e. The molecule has 1 aliphatic heterocycles. The van der Waals surface area contributed by atoms with Crippen molar-refractivity contribution in [3.63, 3.8) is 0 Å². The van der Waals surface area contributed by atoms with Gasteiger partial charge in [-0.05, 0) is 37.9 Å². The molecule has 3 rings (SSSR count). The van der Waals surface area contributed by atoms with E-state index in [1.807, 2.05) is 23.0 Å². The Kier molecular flexibility index (Phi) is 2.73. The van der Waals surface area contributed by atoms with Gasteiger partial charge in [-0.1, -0.05) is 0 Å². The zero-order valence-electron chi connectivity index (χ0n) is 10.0. The lowest BCUT2D eigenvalue weighted by atomic mass is 9.91. The topological polar surface area (TPSA) is 38.6 Å². The molecule has 4 nitrogen and oxygen atoms in total. The van der Waals surface area contributed by atoms with Gasteiger partial charge in [-0.3, -0.25) is 0 Å². The molecule has 0 spiro atoms. The van der Waals surface area contributed by atoms with Gasteiger partial charge < -0.3 is 10.1 Å². The van der Waals surface area contributed by atoms with Crippen molar-refractivity contribution in [1.29, 1.82) is 0 Å². The van der Waals surface area contributed by atoms with Crippen LogP contribution in [0.5, 0.6) is 5.75 Å². The first-order valence-electron chi connectivity index (χ1n) is 6.10. The van der Waals surface area contributed by atoms with Crippen LogP contribution in [-0.4, -0.2) is 29.8 Å². The molecule has 0 saturated carbocycles. The Bertz CT molecular complexity index is 514. The van der Waals surface area contributed by atoms with Crippen molar-refractivity contribution in [3.8, 4) is 5.75 Å². The monoisotopic (exact) mass is 231 g/mol. The van der Waals surface area contributed by atoms with Crippen LogP contribution in [0.2, 0.25) is 0 Å². The second kappa shape index (κ2) is 4.37. The molecule has 90 valence electrons. The quantitative estimate of drug-likeness (QED) is 0.856. The Hall–Kier alpha value is -1.55. The molecule has 2 aromatic heterocycles. The van der Waals surface area contributed by atoms with Crippen molar-refractivity contribution in [3.05, 3.63) is 30.1 Å². The third-order valence-electron chi connectivity index (χ3n) is 3.54. The number of hydrogen-bond acceptors (Lipinski definition) is 3. The highest BCUT2D eigenvalue weighted by molar-refractivity contribution is 5.58. The van der Waals surface area contributed by atoms with Crippen molar-refractivity contribution in [2.24, 2.45) is 0 Å². The van der Waals surface area contributed by atoms with E-state index in [1.54, 1.807) is 7.11 Å². The van der Waals surface area contributed by atoms with Crippen LogP contribution in [0.25, 0.3) is 5.52 Å². The lowest BCUT2D eigenvalue weighted by Crippen LogP contribution is -2.26. The molecule has 1 saturated heterocycles. The van der Waals surface area contributed by atoms with Gasteiger partial charge in [-0.25, -0.2) is 4.52 Å². The first-order valence-corrected chi connectivity index (χ1v) is 6.10. The van der Waals surface area contributed by atoms with E-state index >= 15 is 0 Å². The van der Waals surface area contributed by atoms with Gasteiger partial charge in [0.1, 0.15) is 5.75 Å². The van der Waals surface area contributed by atoms with Crippen LogP contribution in [0.15, 0.2) is 24.5 Å². The number of ether oxygens (including phenoxy) is 1. The zero-order valence-corrected chi connectivity index (χ0v) is 10.0. The number of methoxy groups -OCH3 is 1. The van der Waals surface area contributed by atoms with Crippen LogP contribution >= 0.6 is 0 Å². The van der Waals surface area contributed by atoms with Gasteiger partial charge in [0.2, 0.25) is 0 Å². The SMILES string of the molecule is COc1ccn2ncc(C3CCNCC3)c2c1. The van der Waals surface area contributed by atoms with E-state index in [0.717, 1.165) is 18.8 Å². The minimum Gasteiger partial charge on any atom is -0.497 e.